The molecule has 0 aromatic carbocycles. The van der Waals surface area contributed by atoms with Crippen LogP contribution in [0.1, 0.15) is 18.4 Å². The summed E-state index contributed by atoms with van der Waals surface area (Å²) in [5, 5.41) is 3.27. The second-order valence-corrected chi connectivity index (χ2v) is 7.10. The van der Waals surface area contributed by atoms with E-state index in [-0.39, 0.29) is 17.5 Å². The Balaban J connectivity index is 2.09. The van der Waals surface area contributed by atoms with E-state index in [1.54, 1.807) is 18.5 Å². The average Bonchev–Trinajstić information content (AvgIpc) is 2.32. The van der Waals surface area contributed by atoms with E-state index >= 15 is 0 Å². The van der Waals surface area contributed by atoms with Gasteiger partial charge in [0.1, 0.15) is 14.8 Å². The molecule has 98 valence electrons. The van der Waals surface area contributed by atoms with Gasteiger partial charge in [0.2, 0.25) is 0 Å². The largest absolute Gasteiger partial charge is 0.389 e. The molecular weight excluding hydrogens is 270 g/mol. The number of hydrogen-bond donors (Lipinski definition) is 2. The average molecular weight is 285 g/mol. The summed E-state index contributed by atoms with van der Waals surface area (Å²) in [6.07, 6.45) is 4.50. The summed E-state index contributed by atoms with van der Waals surface area (Å²) in [6.45, 7) is 0. The van der Waals surface area contributed by atoms with Crippen LogP contribution >= 0.6 is 12.2 Å². The number of anilines is 1. The SMILES string of the molecule is NC(=S)c1ccncc1NC1CCS(=O)(=O)CC1. The highest BCUT2D eigenvalue weighted by Gasteiger charge is 2.24. The lowest BCUT2D eigenvalue weighted by Crippen LogP contribution is -2.32. The van der Waals surface area contributed by atoms with Crippen LogP contribution in [0.4, 0.5) is 5.69 Å². The van der Waals surface area contributed by atoms with Gasteiger partial charge in [-0.15, -0.1) is 0 Å². The minimum absolute atomic E-state index is 0.130. The van der Waals surface area contributed by atoms with Crippen LogP contribution in [0.25, 0.3) is 0 Å². The Bertz CT molecular complexity index is 543. The van der Waals surface area contributed by atoms with Gasteiger partial charge in [-0.25, -0.2) is 8.42 Å². The third-order valence-corrected chi connectivity index (χ3v) is 4.94. The van der Waals surface area contributed by atoms with Gasteiger partial charge in [0.05, 0.1) is 23.4 Å². The molecule has 0 amide bonds. The predicted octanol–water partition coefficient (Wildman–Crippen LogP) is 0.705. The first-order valence-corrected chi connectivity index (χ1v) is 7.92. The van der Waals surface area contributed by atoms with E-state index in [4.69, 9.17) is 18.0 Å². The molecule has 1 aliphatic heterocycles. The third kappa shape index (κ3) is 3.17. The van der Waals surface area contributed by atoms with E-state index in [0.29, 0.717) is 17.8 Å². The summed E-state index contributed by atoms with van der Waals surface area (Å²) >= 11 is 4.97. The number of nitrogens with two attached hydrogens (primary N) is 1. The first-order valence-electron chi connectivity index (χ1n) is 5.69. The zero-order valence-electron chi connectivity index (χ0n) is 9.80. The summed E-state index contributed by atoms with van der Waals surface area (Å²) in [6, 6.07) is 1.88. The standard InChI is InChI=1S/C11H15N3O2S2/c12-11(17)9-1-4-13-7-10(9)14-8-2-5-18(15,16)6-3-8/h1,4,7-8,14H,2-3,5-6H2,(H2,12,17). The summed E-state index contributed by atoms with van der Waals surface area (Å²) in [7, 11) is -2.84. The van der Waals surface area contributed by atoms with E-state index in [0.717, 1.165) is 11.3 Å². The molecule has 0 unspecified atom stereocenters. The molecule has 0 atom stereocenters. The van der Waals surface area contributed by atoms with Crippen molar-refractivity contribution in [3.63, 3.8) is 0 Å². The first kappa shape index (κ1) is 13.2. The lowest BCUT2D eigenvalue weighted by molar-refractivity contribution is 0.559. The van der Waals surface area contributed by atoms with Crippen LogP contribution in [0.2, 0.25) is 0 Å². The molecule has 0 bridgehead atoms. The number of thiocarbonyl (C=S) groups is 1. The monoisotopic (exact) mass is 285 g/mol. The first-order chi connectivity index (χ1) is 8.48. The topological polar surface area (TPSA) is 85.1 Å². The predicted molar refractivity (Wildman–Crippen MR) is 75.4 cm³/mol. The fourth-order valence-corrected chi connectivity index (χ4v) is 3.65. The molecule has 1 fully saturated rings. The van der Waals surface area contributed by atoms with E-state index in [1.165, 1.54) is 0 Å². The Hall–Kier alpha value is -1.21. The number of hydrogen-bond acceptors (Lipinski definition) is 5. The van der Waals surface area contributed by atoms with Crippen LogP contribution < -0.4 is 11.1 Å². The molecule has 0 aliphatic carbocycles. The quantitative estimate of drug-likeness (QED) is 0.795. The molecule has 0 saturated carbocycles. The maximum absolute atomic E-state index is 11.3. The molecule has 7 heteroatoms. The molecule has 1 aliphatic rings. The molecule has 3 N–H and O–H groups in total. The number of rotatable bonds is 3. The number of pyridine rings is 1. The van der Waals surface area contributed by atoms with Crippen LogP contribution in [0, 0.1) is 0 Å². The number of sulfone groups is 1. The van der Waals surface area contributed by atoms with Crippen molar-refractivity contribution in [1.29, 1.82) is 0 Å². The molecule has 0 spiro atoms. The molecule has 0 radical (unpaired) electrons. The summed E-state index contributed by atoms with van der Waals surface area (Å²) in [4.78, 5) is 4.33. The zero-order valence-corrected chi connectivity index (χ0v) is 11.4. The van der Waals surface area contributed by atoms with Crippen molar-refractivity contribution in [2.45, 2.75) is 18.9 Å². The van der Waals surface area contributed by atoms with Crippen LogP contribution in [0.3, 0.4) is 0 Å². The zero-order chi connectivity index (χ0) is 13.2. The van der Waals surface area contributed by atoms with Crippen LogP contribution in [-0.4, -0.2) is 35.9 Å². The van der Waals surface area contributed by atoms with Crippen molar-refractivity contribution in [2.24, 2.45) is 5.73 Å². The molecule has 1 aromatic rings. The normalized spacial score (nSPS) is 19.3. The molecule has 5 nitrogen and oxygen atoms in total. The highest BCUT2D eigenvalue weighted by molar-refractivity contribution is 7.91. The Labute approximate surface area is 112 Å². The second-order valence-electron chi connectivity index (χ2n) is 4.36. The Morgan fingerprint density at radius 1 is 1.44 bits per heavy atom. The number of nitrogens with one attached hydrogen (secondary N) is 1. The van der Waals surface area contributed by atoms with Crippen molar-refractivity contribution in [2.75, 3.05) is 16.8 Å². The van der Waals surface area contributed by atoms with E-state index in [1.807, 2.05) is 0 Å². The smallest absolute Gasteiger partial charge is 0.150 e. The molecule has 18 heavy (non-hydrogen) atoms. The van der Waals surface area contributed by atoms with Crippen LogP contribution in [-0.2, 0) is 9.84 Å². The summed E-state index contributed by atoms with van der Waals surface area (Å²) in [5.74, 6) is 0.459. The summed E-state index contributed by atoms with van der Waals surface area (Å²) < 4.78 is 22.7. The minimum Gasteiger partial charge on any atom is -0.389 e. The molecule has 1 saturated heterocycles. The van der Waals surface area contributed by atoms with Crippen molar-refractivity contribution in [3.05, 3.63) is 24.0 Å². The van der Waals surface area contributed by atoms with Crippen LogP contribution in [0.5, 0.6) is 0 Å². The van der Waals surface area contributed by atoms with Gasteiger partial charge in [0, 0.05) is 17.8 Å². The lowest BCUT2D eigenvalue weighted by Gasteiger charge is -2.24. The maximum atomic E-state index is 11.3. The highest BCUT2D eigenvalue weighted by atomic mass is 32.2. The van der Waals surface area contributed by atoms with Crippen molar-refractivity contribution < 1.29 is 8.42 Å². The molecule has 2 heterocycles. The van der Waals surface area contributed by atoms with Gasteiger partial charge in [-0.1, -0.05) is 12.2 Å². The summed E-state index contributed by atoms with van der Waals surface area (Å²) in [5.41, 5.74) is 7.15. The number of nitrogens with zero attached hydrogens (tertiary/aromatic N) is 1. The van der Waals surface area contributed by atoms with Gasteiger partial charge in [0.25, 0.3) is 0 Å². The van der Waals surface area contributed by atoms with Gasteiger partial charge in [-0.05, 0) is 18.9 Å². The lowest BCUT2D eigenvalue weighted by atomic mass is 10.1. The van der Waals surface area contributed by atoms with Gasteiger partial charge >= 0.3 is 0 Å². The van der Waals surface area contributed by atoms with E-state index < -0.39 is 9.84 Å². The molecule has 2 rings (SSSR count). The van der Waals surface area contributed by atoms with Crippen molar-refractivity contribution in [1.82, 2.24) is 4.98 Å². The fraction of sp³-hybridized carbons (Fsp3) is 0.455. The Kier molecular flexibility index (Phi) is 3.82. The third-order valence-electron chi connectivity index (χ3n) is 3.00. The van der Waals surface area contributed by atoms with E-state index in [2.05, 4.69) is 10.3 Å². The maximum Gasteiger partial charge on any atom is 0.150 e. The highest BCUT2D eigenvalue weighted by Crippen LogP contribution is 2.20. The van der Waals surface area contributed by atoms with Gasteiger partial charge in [-0.2, -0.15) is 0 Å². The molecular formula is C11H15N3O2S2. The minimum atomic E-state index is -2.84. The Morgan fingerprint density at radius 3 is 2.72 bits per heavy atom. The van der Waals surface area contributed by atoms with Gasteiger partial charge < -0.3 is 11.1 Å². The second kappa shape index (κ2) is 5.19. The van der Waals surface area contributed by atoms with Crippen molar-refractivity contribution in [3.8, 4) is 0 Å². The fourth-order valence-electron chi connectivity index (χ4n) is 1.98. The Morgan fingerprint density at radius 2 is 2.11 bits per heavy atom. The van der Waals surface area contributed by atoms with Gasteiger partial charge in [0.15, 0.2) is 0 Å². The van der Waals surface area contributed by atoms with E-state index in [9.17, 15) is 8.42 Å². The van der Waals surface area contributed by atoms with Crippen LogP contribution in [0.15, 0.2) is 18.5 Å². The van der Waals surface area contributed by atoms with Crippen molar-refractivity contribution >= 4 is 32.7 Å². The molecule has 1 aromatic heterocycles. The number of aromatic nitrogens is 1. The van der Waals surface area contributed by atoms with Gasteiger partial charge in [-0.3, -0.25) is 4.98 Å².